The van der Waals surface area contributed by atoms with Crippen molar-refractivity contribution in [3.8, 4) is 0 Å². The molecule has 3 aromatic heterocycles. The fourth-order valence-electron chi connectivity index (χ4n) is 2.37. The van der Waals surface area contributed by atoms with Crippen molar-refractivity contribution in [3.05, 3.63) is 49.9 Å². The highest BCUT2D eigenvalue weighted by Crippen LogP contribution is 2.28. The summed E-state index contributed by atoms with van der Waals surface area (Å²) in [6, 6.07) is 0. The first kappa shape index (κ1) is 16.3. The fourth-order valence-corrected chi connectivity index (χ4v) is 3.26. The van der Waals surface area contributed by atoms with Gasteiger partial charge in [-0.3, -0.25) is 14.3 Å². The molecule has 0 aromatic carbocycles. The van der Waals surface area contributed by atoms with Gasteiger partial charge in [0.25, 0.3) is 5.56 Å². The second kappa shape index (κ2) is 6.93. The zero-order valence-electron chi connectivity index (χ0n) is 13.3. The SMILES string of the molecule is COCCn1cc(CNc2ncnc3scc(C)c23)c(=O)[nH]c1=O. The van der Waals surface area contributed by atoms with E-state index >= 15 is 0 Å². The highest BCUT2D eigenvalue weighted by atomic mass is 32.1. The summed E-state index contributed by atoms with van der Waals surface area (Å²) in [5.41, 5.74) is 0.676. The van der Waals surface area contributed by atoms with Crippen molar-refractivity contribution in [2.24, 2.45) is 0 Å². The highest BCUT2D eigenvalue weighted by Gasteiger charge is 2.10. The van der Waals surface area contributed by atoms with E-state index in [1.165, 1.54) is 10.9 Å². The molecule has 0 aliphatic carbocycles. The molecule has 0 saturated heterocycles. The minimum Gasteiger partial charge on any atom is -0.383 e. The molecule has 0 atom stereocenters. The smallest absolute Gasteiger partial charge is 0.328 e. The Kier molecular flexibility index (Phi) is 4.72. The molecule has 0 fully saturated rings. The van der Waals surface area contributed by atoms with Crippen LogP contribution in [0.25, 0.3) is 10.2 Å². The van der Waals surface area contributed by atoms with E-state index in [0.717, 1.165) is 15.8 Å². The van der Waals surface area contributed by atoms with Gasteiger partial charge in [0.2, 0.25) is 0 Å². The number of methoxy groups -OCH3 is 1. The second-order valence-corrected chi connectivity index (χ2v) is 6.13. The van der Waals surface area contributed by atoms with E-state index in [4.69, 9.17) is 4.74 Å². The lowest BCUT2D eigenvalue weighted by Crippen LogP contribution is -2.33. The molecule has 3 aromatic rings. The number of anilines is 1. The van der Waals surface area contributed by atoms with Crippen molar-refractivity contribution >= 4 is 27.4 Å². The maximum absolute atomic E-state index is 12.0. The molecule has 0 amide bonds. The molecule has 3 heterocycles. The lowest BCUT2D eigenvalue weighted by Gasteiger charge is -2.09. The van der Waals surface area contributed by atoms with Crippen LogP contribution in [0.1, 0.15) is 11.1 Å². The van der Waals surface area contributed by atoms with Crippen LogP contribution in [0.3, 0.4) is 0 Å². The van der Waals surface area contributed by atoms with Gasteiger partial charge in [-0.1, -0.05) is 0 Å². The van der Waals surface area contributed by atoms with Crippen LogP contribution < -0.4 is 16.6 Å². The number of aryl methyl sites for hydroxylation is 1. The van der Waals surface area contributed by atoms with Gasteiger partial charge in [-0.25, -0.2) is 14.8 Å². The Bertz CT molecular complexity index is 975. The Hall–Kier alpha value is -2.52. The van der Waals surface area contributed by atoms with Crippen molar-refractivity contribution < 1.29 is 4.74 Å². The number of H-pyrrole nitrogens is 1. The molecule has 0 spiro atoms. The van der Waals surface area contributed by atoms with E-state index in [1.54, 1.807) is 24.6 Å². The van der Waals surface area contributed by atoms with Gasteiger partial charge in [-0.05, 0) is 17.9 Å². The van der Waals surface area contributed by atoms with E-state index in [0.29, 0.717) is 24.5 Å². The number of aromatic amines is 1. The lowest BCUT2D eigenvalue weighted by molar-refractivity contribution is 0.185. The monoisotopic (exact) mass is 347 g/mol. The summed E-state index contributed by atoms with van der Waals surface area (Å²) in [7, 11) is 1.56. The number of thiophene rings is 1. The van der Waals surface area contributed by atoms with Crippen molar-refractivity contribution in [1.82, 2.24) is 19.5 Å². The van der Waals surface area contributed by atoms with Gasteiger partial charge >= 0.3 is 5.69 Å². The first-order valence-corrected chi connectivity index (χ1v) is 8.22. The second-order valence-electron chi connectivity index (χ2n) is 5.27. The zero-order valence-corrected chi connectivity index (χ0v) is 14.1. The third-order valence-electron chi connectivity index (χ3n) is 3.62. The Labute approximate surface area is 141 Å². The van der Waals surface area contributed by atoms with E-state index in [2.05, 4.69) is 20.3 Å². The summed E-state index contributed by atoms with van der Waals surface area (Å²) in [4.78, 5) is 35.5. The molecule has 126 valence electrons. The van der Waals surface area contributed by atoms with Crippen LogP contribution in [0.4, 0.5) is 5.82 Å². The van der Waals surface area contributed by atoms with Gasteiger partial charge in [0.05, 0.1) is 24.1 Å². The van der Waals surface area contributed by atoms with Crippen LogP contribution in [0.15, 0.2) is 27.5 Å². The molecule has 9 heteroatoms. The van der Waals surface area contributed by atoms with Gasteiger partial charge < -0.3 is 10.1 Å². The lowest BCUT2D eigenvalue weighted by atomic mass is 10.2. The normalized spacial score (nSPS) is 11.1. The van der Waals surface area contributed by atoms with Gasteiger partial charge in [-0.2, -0.15) is 0 Å². The molecular formula is C15H17N5O3S. The van der Waals surface area contributed by atoms with Crippen LogP contribution in [0, 0.1) is 6.92 Å². The third kappa shape index (κ3) is 3.22. The predicted molar refractivity (Wildman–Crippen MR) is 92.7 cm³/mol. The summed E-state index contributed by atoms with van der Waals surface area (Å²) < 4.78 is 6.39. The molecule has 2 N–H and O–H groups in total. The minimum absolute atomic E-state index is 0.254. The quantitative estimate of drug-likeness (QED) is 0.692. The van der Waals surface area contributed by atoms with Gasteiger partial charge in [-0.15, -0.1) is 11.3 Å². The van der Waals surface area contributed by atoms with Crippen LogP contribution >= 0.6 is 11.3 Å². The standard InChI is InChI=1S/C15H17N5O3S/c1-9-7-24-14-11(9)12(17-8-18-14)16-5-10-6-20(3-4-23-2)15(22)19-13(10)21/h6-8H,3-5H2,1-2H3,(H,16,17,18)(H,19,21,22). The molecule has 0 bridgehead atoms. The summed E-state index contributed by atoms with van der Waals surface area (Å²) in [5, 5.41) is 6.13. The maximum atomic E-state index is 12.0. The number of ether oxygens (including phenoxy) is 1. The average molecular weight is 347 g/mol. The maximum Gasteiger partial charge on any atom is 0.328 e. The minimum atomic E-state index is -0.445. The average Bonchev–Trinajstić information content (AvgIpc) is 2.95. The van der Waals surface area contributed by atoms with Gasteiger partial charge in [0, 0.05) is 19.9 Å². The largest absolute Gasteiger partial charge is 0.383 e. The summed E-state index contributed by atoms with van der Waals surface area (Å²) in [6.45, 7) is 3.01. The molecule has 0 unspecified atom stereocenters. The van der Waals surface area contributed by atoms with Gasteiger partial charge in [0.1, 0.15) is 17.0 Å². The number of nitrogens with one attached hydrogen (secondary N) is 2. The van der Waals surface area contributed by atoms with Crippen molar-refractivity contribution in [2.45, 2.75) is 20.0 Å². The predicted octanol–water partition coefficient (Wildman–Crippen LogP) is 1.11. The number of nitrogens with zero attached hydrogens (tertiary/aromatic N) is 3. The first-order valence-electron chi connectivity index (χ1n) is 7.34. The summed E-state index contributed by atoms with van der Waals surface area (Å²) >= 11 is 1.55. The fraction of sp³-hybridized carbons (Fsp3) is 0.333. The molecule has 8 nitrogen and oxygen atoms in total. The van der Waals surface area contributed by atoms with E-state index in [9.17, 15) is 9.59 Å². The van der Waals surface area contributed by atoms with Crippen LogP contribution in [-0.4, -0.2) is 33.2 Å². The number of hydrogen-bond donors (Lipinski definition) is 2. The van der Waals surface area contributed by atoms with Crippen molar-refractivity contribution in [1.29, 1.82) is 0 Å². The number of rotatable bonds is 6. The molecule has 0 aliphatic rings. The Morgan fingerprint density at radius 1 is 1.38 bits per heavy atom. The Morgan fingerprint density at radius 3 is 3.00 bits per heavy atom. The van der Waals surface area contributed by atoms with Crippen LogP contribution in [0.5, 0.6) is 0 Å². The number of fused-ring (bicyclic) bond motifs is 1. The van der Waals surface area contributed by atoms with E-state index < -0.39 is 11.2 Å². The molecule has 24 heavy (non-hydrogen) atoms. The first-order chi connectivity index (χ1) is 11.6. The molecule has 0 aliphatic heterocycles. The summed E-state index contributed by atoms with van der Waals surface area (Å²) in [6.07, 6.45) is 3.04. The Balaban J connectivity index is 1.87. The topological polar surface area (TPSA) is 102 Å². The van der Waals surface area contributed by atoms with Crippen LogP contribution in [0.2, 0.25) is 0 Å². The highest BCUT2D eigenvalue weighted by molar-refractivity contribution is 7.17. The molecule has 0 saturated carbocycles. The van der Waals surface area contributed by atoms with Crippen molar-refractivity contribution in [2.75, 3.05) is 19.0 Å². The van der Waals surface area contributed by atoms with Crippen molar-refractivity contribution in [3.63, 3.8) is 0 Å². The third-order valence-corrected chi connectivity index (χ3v) is 4.63. The van der Waals surface area contributed by atoms with Gasteiger partial charge in [0.15, 0.2) is 0 Å². The Morgan fingerprint density at radius 2 is 2.21 bits per heavy atom. The summed E-state index contributed by atoms with van der Waals surface area (Å²) in [5.74, 6) is 0.674. The molecule has 0 radical (unpaired) electrons. The van der Waals surface area contributed by atoms with Crippen LogP contribution in [-0.2, 0) is 17.8 Å². The number of hydrogen-bond acceptors (Lipinski definition) is 7. The van der Waals surface area contributed by atoms with E-state index in [1.807, 2.05) is 12.3 Å². The molecular weight excluding hydrogens is 330 g/mol. The van der Waals surface area contributed by atoms with E-state index in [-0.39, 0.29) is 6.54 Å². The zero-order chi connectivity index (χ0) is 17.1. The number of aromatic nitrogens is 4. The molecule has 3 rings (SSSR count).